The van der Waals surface area contributed by atoms with E-state index in [1.165, 1.54) is 4.88 Å². The molecule has 1 aromatic heterocycles. The molecule has 8 heteroatoms. The van der Waals surface area contributed by atoms with Gasteiger partial charge in [0, 0.05) is 26.0 Å². The molecular weight excluding hydrogens is 509 g/mol. The number of ether oxygens (including phenoxy) is 1. The molecule has 0 aliphatic heterocycles. The highest BCUT2D eigenvalue weighted by molar-refractivity contribution is 8.01. The summed E-state index contributed by atoms with van der Waals surface area (Å²) in [6, 6.07) is 21.5. The van der Waals surface area contributed by atoms with E-state index in [2.05, 4.69) is 0 Å². The van der Waals surface area contributed by atoms with Crippen LogP contribution in [0.4, 0.5) is 0 Å². The number of thioether (sulfide) groups is 1. The number of thiazole rings is 1. The highest BCUT2D eigenvalue weighted by Gasteiger charge is 2.26. The largest absolute Gasteiger partial charge is 0.482 e. The minimum atomic E-state index is -0.989. The number of aryl methyl sites for hydroxylation is 1. The van der Waals surface area contributed by atoms with Crippen molar-refractivity contribution in [1.82, 2.24) is 4.98 Å². The van der Waals surface area contributed by atoms with Gasteiger partial charge in [-0.2, -0.15) is 0 Å². The minimum Gasteiger partial charge on any atom is -0.482 e. The zero-order valence-electron chi connectivity index (χ0n) is 17.8. The Hall–Kier alpha value is -2.51. The molecule has 0 spiro atoms. The molecule has 172 valence electrons. The SMILES string of the molecule is O=C(O)COc1cccc2c1CCc1sc(SC(c3ccc(Cl)cc3)c3ccc(Cl)cc3)nc1-2. The summed E-state index contributed by atoms with van der Waals surface area (Å²) >= 11 is 15.7. The second kappa shape index (κ2) is 10.0. The summed E-state index contributed by atoms with van der Waals surface area (Å²) in [5.74, 6) is -0.371. The fourth-order valence-corrected chi connectivity index (χ4v) is 6.79. The van der Waals surface area contributed by atoms with Crippen molar-refractivity contribution in [3.05, 3.63) is 98.3 Å². The lowest BCUT2D eigenvalue weighted by atomic mass is 9.93. The van der Waals surface area contributed by atoms with Gasteiger partial charge < -0.3 is 9.84 Å². The van der Waals surface area contributed by atoms with E-state index < -0.39 is 5.97 Å². The lowest BCUT2D eigenvalue weighted by molar-refractivity contribution is -0.139. The van der Waals surface area contributed by atoms with Crippen molar-refractivity contribution in [2.45, 2.75) is 22.4 Å². The molecule has 1 aliphatic rings. The fourth-order valence-electron chi connectivity index (χ4n) is 4.02. The molecule has 0 saturated carbocycles. The Bertz CT molecular complexity index is 1290. The first-order valence-electron chi connectivity index (χ1n) is 10.6. The molecule has 0 fully saturated rings. The zero-order valence-corrected chi connectivity index (χ0v) is 21.0. The monoisotopic (exact) mass is 527 g/mol. The molecule has 1 aliphatic carbocycles. The first kappa shape index (κ1) is 23.2. The Morgan fingerprint density at radius 2 is 1.65 bits per heavy atom. The molecule has 1 heterocycles. The molecule has 0 saturated heterocycles. The Labute approximate surface area is 215 Å². The van der Waals surface area contributed by atoms with E-state index in [-0.39, 0.29) is 11.9 Å². The Balaban J connectivity index is 1.48. The number of fused-ring (bicyclic) bond motifs is 3. The maximum Gasteiger partial charge on any atom is 0.341 e. The number of rotatable bonds is 7. The van der Waals surface area contributed by atoms with Crippen LogP contribution < -0.4 is 4.74 Å². The number of carboxylic acids is 1. The van der Waals surface area contributed by atoms with Crippen LogP contribution in [0.1, 0.15) is 26.8 Å². The number of aliphatic carboxylic acids is 1. The number of aromatic nitrogens is 1. The third kappa shape index (κ3) is 4.96. The molecule has 4 nitrogen and oxygen atoms in total. The maximum absolute atomic E-state index is 11.0. The average molecular weight is 528 g/mol. The number of hydrogen-bond acceptors (Lipinski definition) is 5. The van der Waals surface area contributed by atoms with Crippen LogP contribution in [0.3, 0.4) is 0 Å². The summed E-state index contributed by atoms with van der Waals surface area (Å²) in [5.41, 5.74) is 5.26. The van der Waals surface area contributed by atoms with Crippen LogP contribution >= 0.6 is 46.3 Å². The number of hydrogen-bond donors (Lipinski definition) is 1. The van der Waals surface area contributed by atoms with Gasteiger partial charge in [0.1, 0.15) is 5.75 Å². The number of nitrogens with zero attached hydrogens (tertiary/aromatic N) is 1. The van der Waals surface area contributed by atoms with Gasteiger partial charge in [0.05, 0.1) is 10.9 Å². The molecule has 0 bridgehead atoms. The fraction of sp³-hybridized carbons (Fsp3) is 0.154. The summed E-state index contributed by atoms with van der Waals surface area (Å²) in [4.78, 5) is 17.2. The lowest BCUT2D eigenvalue weighted by Gasteiger charge is -2.18. The number of benzene rings is 3. The molecule has 1 N–H and O–H groups in total. The van der Waals surface area contributed by atoms with Gasteiger partial charge in [-0.3, -0.25) is 0 Å². The van der Waals surface area contributed by atoms with Crippen molar-refractivity contribution in [2.75, 3.05) is 6.61 Å². The van der Waals surface area contributed by atoms with Gasteiger partial charge in [0.2, 0.25) is 0 Å². The van der Waals surface area contributed by atoms with E-state index in [9.17, 15) is 4.79 Å². The van der Waals surface area contributed by atoms with Gasteiger partial charge in [-0.05, 0) is 54.3 Å². The predicted molar refractivity (Wildman–Crippen MR) is 139 cm³/mol. The summed E-state index contributed by atoms with van der Waals surface area (Å²) in [5, 5.41) is 10.4. The summed E-state index contributed by atoms with van der Waals surface area (Å²) < 4.78 is 6.51. The number of carboxylic acid groups (broad SMARTS) is 1. The van der Waals surface area contributed by atoms with Gasteiger partial charge in [-0.1, -0.05) is 71.4 Å². The molecule has 0 unspecified atom stereocenters. The Morgan fingerprint density at radius 3 is 2.26 bits per heavy atom. The van der Waals surface area contributed by atoms with E-state index in [0.29, 0.717) is 15.8 Å². The molecule has 4 aromatic rings. The summed E-state index contributed by atoms with van der Waals surface area (Å²) in [6.07, 6.45) is 1.64. The number of halogens is 2. The van der Waals surface area contributed by atoms with Crippen molar-refractivity contribution in [3.63, 3.8) is 0 Å². The van der Waals surface area contributed by atoms with Crippen molar-refractivity contribution in [2.24, 2.45) is 0 Å². The van der Waals surface area contributed by atoms with Crippen LogP contribution in [-0.4, -0.2) is 22.7 Å². The Kier molecular flexibility index (Phi) is 6.84. The third-order valence-electron chi connectivity index (χ3n) is 5.58. The minimum absolute atomic E-state index is 0.0341. The summed E-state index contributed by atoms with van der Waals surface area (Å²) in [7, 11) is 0. The Morgan fingerprint density at radius 1 is 1.00 bits per heavy atom. The molecular formula is C26H19Cl2NO3S2. The van der Waals surface area contributed by atoms with Crippen molar-refractivity contribution < 1.29 is 14.6 Å². The van der Waals surface area contributed by atoms with Crippen LogP contribution in [0.25, 0.3) is 11.3 Å². The average Bonchev–Trinajstić information content (AvgIpc) is 3.26. The van der Waals surface area contributed by atoms with Crippen LogP contribution in [0, 0.1) is 0 Å². The smallest absolute Gasteiger partial charge is 0.341 e. The van der Waals surface area contributed by atoms with E-state index >= 15 is 0 Å². The second-order valence-electron chi connectivity index (χ2n) is 7.82. The third-order valence-corrected chi connectivity index (χ3v) is 8.61. The normalized spacial score (nSPS) is 12.3. The quantitative estimate of drug-likeness (QED) is 0.251. The van der Waals surface area contributed by atoms with Crippen molar-refractivity contribution in [3.8, 4) is 17.0 Å². The zero-order chi connectivity index (χ0) is 23.7. The van der Waals surface area contributed by atoms with Crippen LogP contribution in [0.2, 0.25) is 10.0 Å². The molecule has 0 atom stereocenters. The van der Waals surface area contributed by atoms with E-state index in [1.807, 2.05) is 66.7 Å². The van der Waals surface area contributed by atoms with Gasteiger partial charge in [0.25, 0.3) is 0 Å². The van der Waals surface area contributed by atoms with Crippen molar-refractivity contribution >= 4 is 52.3 Å². The lowest BCUT2D eigenvalue weighted by Crippen LogP contribution is -2.12. The topological polar surface area (TPSA) is 59.4 Å². The van der Waals surface area contributed by atoms with Gasteiger partial charge in [-0.15, -0.1) is 11.3 Å². The van der Waals surface area contributed by atoms with Gasteiger partial charge in [0.15, 0.2) is 10.9 Å². The molecule has 34 heavy (non-hydrogen) atoms. The van der Waals surface area contributed by atoms with E-state index in [0.717, 1.165) is 45.1 Å². The molecule has 0 amide bonds. The molecule has 5 rings (SSSR count). The summed E-state index contributed by atoms with van der Waals surface area (Å²) in [6.45, 7) is -0.356. The van der Waals surface area contributed by atoms with E-state index in [4.69, 9.17) is 38.0 Å². The first-order valence-corrected chi connectivity index (χ1v) is 13.1. The van der Waals surface area contributed by atoms with Crippen molar-refractivity contribution in [1.29, 1.82) is 0 Å². The second-order valence-corrected chi connectivity index (χ2v) is 11.1. The predicted octanol–water partition coefficient (Wildman–Crippen LogP) is 7.56. The van der Waals surface area contributed by atoms with Crippen LogP contribution in [-0.2, 0) is 17.6 Å². The van der Waals surface area contributed by atoms with Crippen LogP contribution in [0.5, 0.6) is 5.75 Å². The first-order chi connectivity index (χ1) is 16.5. The van der Waals surface area contributed by atoms with Gasteiger partial charge in [-0.25, -0.2) is 9.78 Å². The standard InChI is InChI=1S/C26H19Cl2NO3S2/c27-17-8-4-15(5-9-17)25(16-6-10-18(28)11-7-16)34-26-29-24-20-2-1-3-21(32-14-23(30)31)19(20)12-13-22(24)33-26/h1-11,25H,12-14H2,(H,30,31). The van der Waals surface area contributed by atoms with Crippen LogP contribution in [0.15, 0.2) is 71.1 Å². The highest BCUT2D eigenvalue weighted by atomic mass is 35.5. The highest BCUT2D eigenvalue weighted by Crippen LogP contribution is 2.47. The molecule has 0 radical (unpaired) electrons. The van der Waals surface area contributed by atoms with Gasteiger partial charge >= 0.3 is 5.97 Å². The van der Waals surface area contributed by atoms with E-state index in [1.54, 1.807) is 23.1 Å². The number of carbonyl (C=O) groups is 1. The maximum atomic E-state index is 11.0. The molecule has 3 aromatic carbocycles.